The number of hydrogen-bond donors (Lipinski definition) is 6. The van der Waals surface area contributed by atoms with Gasteiger partial charge in [0.05, 0.1) is 6.04 Å². The Bertz CT molecular complexity index is 382. The van der Waals surface area contributed by atoms with Crippen LogP contribution in [-0.4, -0.2) is 63.7 Å². The highest BCUT2D eigenvalue weighted by molar-refractivity contribution is 5.81. The van der Waals surface area contributed by atoms with Gasteiger partial charge >= 0.3 is 0 Å². The molecule has 0 rings (SSSR count). The first-order valence-electron chi connectivity index (χ1n) is 11.0. The van der Waals surface area contributed by atoms with Crippen molar-refractivity contribution in [1.29, 1.82) is 0 Å². The van der Waals surface area contributed by atoms with E-state index < -0.39 is 6.04 Å². The SMILES string of the molecule is CCCC(=O)NCCCC[C@H](N)C(=O)NCCCNCCCCNCCCN. The summed E-state index contributed by atoms with van der Waals surface area (Å²) in [6, 6.07) is -0.467. The minimum atomic E-state index is -0.467. The van der Waals surface area contributed by atoms with Gasteiger partial charge in [-0.2, -0.15) is 0 Å². The van der Waals surface area contributed by atoms with E-state index in [0.29, 0.717) is 25.9 Å². The zero-order valence-electron chi connectivity index (χ0n) is 17.9. The lowest BCUT2D eigenvalue weighted by molar-refractivity contribution is -0.123. The number of amides is 2. The molecular formula is C20H44N6O2. The summed E-state index contributed by atoms with van der Waals surface area (Å²) in [7, 11) is 0. The topological polar surface area (TPSA) is 134 Å². The van der Waals surface area contributed by atoms with Crippen LogP contribution in [0.5, 0.6) is 0 Å². The van der Waals surface area contributed by atoms with Gasteiger partial charge in [-0.05, 0) is 84.1 Å². The third-order valence-electron chi connectivity index (χ3n) is 4.42. The zero-order valence-corrected chi connectivity index (χ0v) is 17.9. The predicted octanol–water partition coefficient (Wildman–Crippen LogP) is 0.215. The summed E-state index contributed by atoms with van der Waals surface area (Å²) in [5.41, 5.74) is 11.4. The molecule has 0 saturated heterocycles. The maximum atomic E-state index is 11.9. The van der Waals surface area contributed by atoms with E-state index in [4.69, 9.17) is 11.5 Å². The number of nitrogens with two attached hydrogens (primary N) is 2. The third kappa shape index (κ3) is 18.2. The van der Waals surface area contributed by atoms with Crippen LogP contribution in [0.4, 0.5) is 0 Å². The molecule has 28 heavy (non-hydrogen) atoms. The molecule has 0 aromatic rings. The van der Waals surface area contributed by atoms with Gasteiger partial charge in [0.1, 0.15) is 0 Å². The van der Waals surface area contributed by atoms with Crippen molar-refractivity contribution in [2.75, 3.05) is 45.8 Å². The van der Waals surface area contributed by atoms with Gasteiger partial charge < -0.3 is 32.7 Å². The van der Waals surface area contributed by atoms with E-state index in [1.54, 1.807) is 0 Å². The highest BCUT2D eigenvalue weighted by Crippen LogP contribution is 1.99. The molecule has 1 atom stereocenters. The minimum absolute atomic E-state index is 0.0847. The average Bonchev–Trinajstić information content (AvgIpc) is 2.68. The second kappa shape index (κ2) is 20.5. The zero-order chi connectivity index (χ0) is 20.9. The average molecular weight is 401 g/mol. The Balaban J connectivity index is 3.38. The predicted molar refractivity (Wildman–Crippen MR) is 116 cm³/mol. The van der Waals surface area contributed by atoms with Crippen molar-refractivity contribution < 1.29 is 9.59 Å². The molecule has 0 radical (unpaired) electrons. The lowest BCUT2D eigenvalue weighted by atomic mass is 10.1. The maximum absolute atomic E-state index is 11.9. The van der Waals surface area contributed by atoms with Gasteiger partial charge in [0.25, 0.3) is 0 Å². The Morgan fingerprint density at radius 1 is 0.786 bits per heavy atom. The van der Waals surface area contributed by atoms with Crippen LogP contribution in [0.25, 0.3) is 0 Å². The van der Waals surface area contributed by atoms with Crippen molar-refractivity contribution in [3.05, 3.63) is 0 Å². The molecule has 8 N–H and O–H groups in total. The van der Waals surface area contributed by atoms with Crippen molar-refractivity contribution in [3.8, 4) is 0 Å². The Kier molecular flexibility index (Phi) is 19.6. The second-order valence-corrected chi connectivity index (χ2v) is 7.20. The number of hydrogen-bond acceptors (Lipinski definition) is 6. The molecule has 8 nitrogen and oxygen atoms in total. The van der Waals surface area contributed by atoms with Crippen molar-refractivity contribution in [1.82, 2.24) is 21.3 Å². The second-order valence-electron chi connectivity index (χ2n) is 7.20. The number of carbonyl (C=O) groups is 2. The van der Waals surface area contributed by atoms with Crippen molar-refractivity contribution in [2.45, 2.75) is 70.8 Å². The minimum Gasteiger partial charge on any atom is -0.356 e. The van der Waals surface area contributed by atoms with E-state index in [0.717, 1.165) is 77.7 Å². The summed E-state index contributed by atoms with van der Waals surface area (Å²) in [6.07, 6.45) is 8.00. The van der Waals surface area contributed by atoms with Crippen LogP contribution < -0.4 is 32.7 Å². The summed E-state index contributed by atoms with van der Waals surface area (Å²) in [5.74, 6) is 0.0101. The van der Waals surface area contributed by atoms with Gasteiger partial charge in [0.2, 0.25) is 11.8 Å². The third-order valence-corrected chi connectivity index (χ3v) is 4.42. The molecule has 0 aliphatic carbocycles. The van der Waals surface area contributed by atoms with Crippen LogP contribution in [0.1, 0.15) is 64.7 Å². The fourth-order valence-electron chi connectivity index (χ4n) is 2.70. The monoisotopic (exact) mass is 400 g/mol. The van der Waals surface area contributed by atoms with Crippen LogP contribution >= 0.6 is 0 Å². The first-order chi connectivity index (χ1) is 13.6. The van der Waals surface area contributed by atoms with Gasteiger partial charge in [-0.15, -0.1) is 0 Å². The van der Waals surface area contributed by atoms with Crippen LogP contribution in [0.2, 0.25) is 0 Å². The molecule has 2 amide bonds. The first kappa shape index (κ1) is 26.8. The number of unbranched alkanes of at least 4 members (excludes halogenated alkanes) is 2. The summed E-state index contributed by atoms with van der Waals surface area (Å²) in [4.78, 5) is 23.3. The lowest BCUT2D eigenvalue weighted by Crippen LogP contribution is -2.41. The molecule has 0 unspecified atom stereocenters. The largest absolute Gasteiger partial charge is 0.356 e. The molecule has 0 bridgehead atoms. The summed E-state index contributed by atoms with van der Waals surface area (Å²) >= 11 is 0. The van der Waals surface area contributed by atoms with E-state index in [-0.39, 0.29) is 11.8 Å². The van der Waals surface area contributed by atoms with Gasteiger partial charge in [0, 0.05) is 19.5 Å². The van der Waals surface area contributed by atoms with Crippen LogP contribution in [-0.2, 0) is 9.59 Å². The molecule has 0 aromatic carbocycles. The van der Waals surface area contributed by atoms with E-state index in [1.165, 1.54) is 0 Å². The Hall–Kier alpha value is -1.22. The Labute approximate surface area is 171 Å². The molecule has 0 aliphatic rings. The summed E-state index contributed by atoms with van der Waals surface area (Å²) in [6.45, 7) is 7.97. The van der Waals surface area contributed by atoms with E-state index in [2.05, 4.69) is 21.3 Å². The fraction of sp³-hybridized carbons (Fsp3) is 0.900. The van der Waals surface area contributed by atoms with E-state index in [1.807, 2.05) is 6.92 Å². The quantitative estimate of drug-likeness (QED) is 0.162. The Morgan fingerprint density at radius 2 is 1.36 bits per heavy atom. The van der Waals surface area contributed by atoms with Crippen LogP contribution in [0, 0.1) is 0 Å². The van der Waals surface area contributed by atoms with Crippen molar-refractivity contribution in [2.24, 2.45) is 11.5 Å². The molecular weight excluding hydrogens is 356 g/mol. The molecule has 0 aliphatic heterocycles. The highest BCUT2D eigenvalue weighted by atomic mass is 16.2. The van der Waals surface area contributed by atoms with Crippen LogP contribution in [0.3, 0.4) is 0 Å². The van der Waals surface area contributed by atoms with Crippen molar-refractivity contribution in [3.63, 3.8) is 0 Å². The molecule has 0 heterocycles. The van der Waals surface area contributed by atoms with Gasteiger partial charge in [-0.25, -0.2) is 0 Å². The number of rotatable bonds is 20. The highest BCUT2D eigenvalue weighted by Gasteiger charge is 2.12. The standard InChI is InChI=1S/C20H44N6O2/c1-2-9-19(27)25-16-4-3-10-18(22)20(28)26-17-8-15-24-13-6-5-12-23-14-7-11-21/h18,23-24H,2-17,21-22H2,1H3,(H,25,27)(H,26,28)/t18-/m0/s1. The number of nitrogens with one attached hydrogen (secondary N) is 4. The van der Waals surface area contributed by atoms with Gasteiger partial charge in [-0.1, -0.05) is 6.92 Å². The summed E-state index contributed by atoms with van der Waals surface area (Å²) in [5, 5.41) is 12.5. The molecule has 8 heteroatoms. The summed E-state index contributed by atoms with van der Waals surface area (Å²) < 4.78 is 0. The normalized spacial score (nSPS) is 12.0. The van der Waals surface area contributed by atoms with Gasteiger partial charge in [0.15, 0.2) is 0 Å². The van der Waals surface area contributed by atoms with Gasteiger partial charge in [-0.3, -0.25) is 9.59 Å². The number of carbonyl (C=O) groups excluding carboxylic acids is 2. The molecule has 0 spiro atoms. The van der Waals surface area contributed by atoms with Crippen LogP contribution in [0.15, 0.2) is 0 Å². The Morgan fingerprint density at radius 3 is 2.00 bits per heavy atom. The van der Waals surface area contributed by atoms with E-state index in [9.17, 15) is 9.59 Å². The molecule has 0 fully saturated rings. The molecule has 0 aromatic heterocycles. The first-order valence-corrected chi connectivity index (χ1v) is 11.0. The maximum Gasteiger partial charge on any atom is 0.236 e. The molecule has 166 valence electrons. The van der Waals surface area contributed by atoms with E-state index >= 15 is 0 Å². The smallest absolute Gasteiger partial charge is 0.236 e. The van der Waals surface area contributed by atoms with Crippen molar-refractivity contribution >= 4 is 11.8 Å². The lowest BCUT2D eigenvalue weighted by Gasteiger charge is -2.12. The molecule has 0 saturated carbocycles. The fourth-order valence-corrected chi connectivity index (χ4v) is 2.70.